The monoisotopic (exact) mass is 494 g/mol. The molecule has 0 aliphatic rings. The Morgan fingerprint density at radius 3 is 2.20 bits per heavy atom. The molecule has 0 aliphatic heterocycles. The lowest BCUT2D eigenvalue weighted by atomic mass is 10.1. The molecule has 182 valence electrons. The van der Waals surface area contributed by atoms with Crippen LogP contribution in [0.5, 0.6) is 0 Å². The molecule has 2 aromatic carbocycles. The predicted molar refractivity (Wildman–Crippen MR) is 118 cm³/mol. The van der Waals surface area contributed by atoms with Crippen LogP contribution in [0.15, 0.2) is 59.5 Å². The van der Waals surface area contributed by atoms with Gasteiger partial charge in [-0.25, -0.2) is 4.98 Å². The first kappa shape index (κ1) is 23.9. The standard InChI is InChI=1S/C22H16F6N6O/c23-21(24,25)12-7-13(22(26,27)28)9-14(8-12)32-18-17-16(5-6-30-19(17)35)33-20(34-18)31-10-11-3-1-2-4-15(11)29/h1-9H,10,29H2,(H,30,35)(H2,31,32,33,34). The molecule has 0 spiro atoms. The molecule has 35 heavy (non-hydrogen) atoms. The van der Waals surface area contributed by atoms with Crippen LogP contribution in [0.1, 0.15) is 16.7 Å². The van der Waals surface area contributed by atoms with Crippen molar-refractivity contribution in [2.45, 2.75) is 18.9 Å². The van der Waals surface area contributed by atoms with Crippen molar-refractivity contribution in [2.75, 3.05) is 16.4 Å². The summed E-state index contributed by atoms with van der Waals surface area (Å²) in [6, 6.07) is 9.34. The highest BCUT2D eigenvalue weighted by Crippen LogP contribution is 2.38. The molecule has 0 saturated carbocycles. The zero-order valence-electron chi connectivity index (χ0n) is 17.6. The van der Waals surface area contributed by atoms with Gasteiger partial charge in [-0.05, 0) is 35.9 Å². The SMILES string of the molecule is Nc1ccccc1CNc1nc(Nc2cc(C(F)(F)F)cc(C(F)(F)F)c2)c2c(=O)[nH]ccc2n1. The second kappa shape index (κ2) is 8.81. The molecule has 0 radical (unpaired) electrons. The average Bonchev–Trinajstić information content (AvgIpc) is 2.77. The van der Waals surface area contributed by atoms with E-state index in [1.54, 1.807) is 24.3 Å². The number of anilines is 4. The van der Waals surface area contributed by atoms with Crippen LogP contribution in [0.2, 0.25) is 0 Å². The van der Waals surface area contributed by atoms with Gasteiger partial charge in [0.15, 0.2) is 0 Å². The Morgan fingerprint density at radius 1 is 0.914 bits per heavy atom. The summed E-state index contributed by atoms with van der Waals surface area (Å²) in [4.78, 5) is 23.1. The Kier molecular flexibility index (Phi) is 6.01. The molecule has 0 aliphatic carbocycles. The largest absolute Gasteiger partial charge is 0.416 e. The van der Waals surface area contributed by atoms with Crippen molar-refractivity contribution in [2.24, 2.45) is 0 Å². The third kappa shape index (κ3) is 5.28. The maximum atomic E-state index is 13.3. The van der Waals surface area contributed by atoms with E-state index in [0.717, 1.165) is 0 Å². The zero-order chi connectivity index (χ0) is 25.4. The van der Waals surface area contributed by atoms with Crippen LogP contribution in [0.25, 0.3) is 10.9 Å². The van der Waals surface area contributed by atoms with Gasteiger partial charge in [0.05, 0.1) is 16.6 Å². The highest BCUT2D eigenvalue weighted by atomic mass is 19.4. The van der Waals surface area contributed by atoms with Crippen LogP contribution in [-0.4, -0.2) is 15.0 Å². The topological polar surface area (TPSA) is 109 Å². The fraction of sp³-hybridized carbons (Fsp3) is 0.136. The summed E-state index contributed by atoms with van der Waals surface area (Å²) >= 11 is 0. The molecule has 0 amide bonds. The lowest BCUT2D eigenvalue weighted by Gasteiger charge is -2.16. The van der Waals surface area contributed by atoms with E-state index in [2.05, 4.69) is 25.6 Å². The van der Waals surface area contributed by atoms with Gasteiger partial charge in [0.25, 0.3) is 5.56 Å². The van der Waals surface area contributed by atoms with Gasteiger partial charge in [-0.2, -0.15) is 31.3 Å². The number of para-hydroxylation sites is 1. The first-order valence-corrected chi connectivity index (χ1v) is 9.95. The van der Waals surface area contributed by atoms with E-state index in [0.29, 0.717) is 23.4 Å². The Balaban J connectivity index is 1.78. The van der Waals surface area contributed by atoms with E-state index in [1.165, 1.54) is 12.3 Å². The Morgan fingerprint density at radius 2 is 1.57 bits per heavy atom. The first-order valence-electron chi connectivity index (χ1n) is 9.95. The molecule has 0 saturated heterocycles. The predicted octanol–water partition coefficient (Wildman–Crippen LogP) is 5.29. The minimum Gasteiger partial charge on any atom is -0.398 e. The number of pyridine rings is 1. The van der Waals surface area contributed by atoms with Crippen molar-refractivity contribution in [3.63, 3.8) is 0 Å². The lowest BCUT2D eigenvalue weighted by Crippen LogP contribution is -2.14. The van der Waals surface area contributed by atoms with Gasteiger partial charge >= 0.3 is 12.4 Å². The summed E-state index contributed by atoms with van der Waals surface area (Å²) < 4.78 is 79.5. The molecule has 0 atom stereocenters. The Labute approximate surface area is 193 Å². The van der Waals surface area contributed by atoms with E-state index in [-0.39, 0.29) is 35.3 Å². The van der Waals surface area contributed by atoms with Gasteiger partial charge in [0.1, 0.15) is 11.2 Å². The third-order valence-corrected chi connectivity index (χ3v) is 4.96. The molecule has 4 aromatic rings. The van der Waals surface area contributed by atoms with Crippen molar-refractivity contribution in [3.05, 3.63) is 81.8 Å². The number of alkyl halides is 6. The number of nitrogens with zero attached hydrogens (tertiary/aromatic N) is 2. The number of nitrogen functional groups attached to an aromatic ring is 1. The molecule has 0 bridgehead atoms. The highest BCUT2D eigenvalue weighted by molar-refractivity contribution is 5.91. The summed E-state index contributed by atoms with van der Waals surface area (Å²) in [5.41, 5.74) is 2.92. The highest BCUT2D eigenvalue weighted by Gasteiger charge is 2.37. The van der Waals surface area contributed by atoms with Crippen LogP contribution in [0.3, 0.4) is 0 Å². The van der Waals surface area contributed by atoms with Gasteiger partial charge in [-0.1, -0.05) is 18.2 Å². The molecule has 4 rings (SSSR count). The molecule has 0 fully saturated rings. The van der Waals surface area contributed by atoms with Crippen LogP contribution in [0.4, 0.5) is 49.5 Å². The molecule has 13 heteroatoms. The number of benzene rings is 2. The fourth-order valence-electron chi connectivity index (χ4n) is 3.29. The second-order valence-corrected chi connectivity index (χ2v) is 7.43. The van der Waals surface area contributed by atoms with E-state index < -0.39 is 34.7 Å². The smallest absolute Gasteiger partial charge is 0.398 e. The third-order valence-electron chi connectivity index (χ3n) is 4.96. The number of aromatic nitrogens is 3. The number of nitrogens with two attached hydrogens (primary N) is 1. The minimum absolute atomic E-state index is 0.00726. The zero-order valence-corrected chi connectivity index (χ0v) is 17.6. The maximum absolute atomic E-state index is 13.3. The number of H-pyrrole nitrogens is 1. The average molecular weight is 494 g/mol. The number of aromatic amines is 1. The molecular formula is C22H16F6N6O. The number of hydrogen-bond acceptors (Lipinski definition) is 6. The van der Waals surface area contributed by atoms with Crippen LogP contribution < -0.4 is 21.9 Å². The molecule has 7 nitrogen and oxygen atoms in total. The number of rotatable bonds is 5. The summed E-state index contributed by atoms with van der Waals surface area (Å²) in [7, 11) is 0. The van der Waals surface area contributed by atoms with Gasteiger partial charge in [-0.3, -0.25) is 4.79 Å². The van der Waals surface area contributed by atoms with Gasteiger partial charge in [0.2, 0.25) is 5.95 Å². The van der Waals surface area contributed by atoms with Crippen molar-refractivity contribution in [1.82, 2.24) is 15.0 Å². The van der Waals surface area contributed by atoms with E-state index in [4.69, 9.17) is 5.73 Å². The van der Waals surface area contributed by atoms with Crippen molar-refractivity contribution in [1.29, 1.82) is 0 Å². The van der Waals surface area contributed by atoms with Gasteiger partial charge < -0.3 is 21.4 Å². The van der Waals surface area contributed by atoms with E-state index >= 15 is 0 Å². The second-order valence-electron chi connectivity index (χ2n) is 7.43. The Hall–Kier alpha value is -4.29. The van der Waals surface area contributed by atoms with Crippen LogP contribution in [0, 0.1) is 0 Å². The Bertz CT molecular complexity index is 1420. The summed E-state index contributed by atoms with van der Waals surface area (Å²) in [6.45, 7) is 0.169. The summed E-state index contributed by atoms with van der Waals surface area (Å²) in [5.74, 6) is -0.315. The van der Waals surface area contributed by atoms with Crippen molar-refractivity contribution < 1.29 is 26.3 Å². The van der Waals surface area contributed by atoms with E-state index in [9.17, 15) is 31.1 Å². The van der Waals surface area contributed by atoms with Crippen molar-refractivity contribution in [3.8, 4) is 0 Å². The molecule has 0 unspecified atom stereocenters. The molecule has 2 heterocycles. The van der Waals surface area contributed by atoms with Crippen molar-refractivity contribution >= 4 is 34.0 Å². The number of fused-ring (bicyclic) bond motifs is 1. The van der Waals surface area contributed by atoms with E-state index in [1.807, 2.05) is 0 Å². The number of halogens is 6. The fourth-order valence-corrected chi connectivity index (χ4v) is 3.29. The summed E-state index contributed by atoms with van der Waals surface area (Å²) in [5, 5.41) is 5.17. The van der Waals surface area contributed by atoms with Gasteiger partial charge in [-0.15, -0.1) is 0 Å². The molecular weight excluding hydrogens is 478 g/mol. The van der Waals surface area contributed by atoms with Crippen LogP contribution in [-0.2, 0) is 18.9 Å². The molecule has 2 aromatic heterocycles. The summed E-state index contributed by atoms with van der Waals surface area (Å²) in [6.07, 6.45) is -8.77. The lowest BCUT2D eigenvalue weighted by molar-refractivity contribution is -0.143. The normalized spacial score (nSPS) is 12.1. The maximum Gasteiger partial charge on any atom is 0.416 e. The minimum atomic E-state index is -5.04. The number of hydrogen-bond donors (Lipinski definition) is 4. The first-order chi connectivity index (χ1) is 16.4. The molecule has 5 N–H and O–H groups in total. The number of nitrogens with one attached hydrogen (secondary N) is 3. The van der Waals surface area contributed by atoms with Crippen LogP contribution >= 0.6 is 0 Å². The van der Waals surface area contributed by atoms with Gasteiger partial charge in [0, 0.05) is 24.1 Å². The quantitative estimate of drug-likeness (QED) is 0.222.